The molecule has 0 aliphatic rings. The maximum atomic E-state index is 11.7. The molecular weight excluding hydrogens is 220 g/mol. The first kappa shape index (κ1) is 13.3. The van der Waals surface area contributed by atoms with Crippen LogP contribution in [0, 0.1) is 0 Å². The molecule has 0 aliphatic carbocycles. The second kappa shape index (κ2) is 6.10. The van der Waals surface area contributed by atoms with E-state index in [2.05, 4.69) is 5.32 Å². The van der Waals surface area contributed by atoms with Gasteiger partial charge in [0.15, 0.2) is 11.5 Å². The van der Waals surface area contributed by atoms with E-state index in [-0.39, 0.29) is 17.7 Å². The molecule has 0 fully saturated rings. The highest BCUT2D eigenvalue weighted by Crippen LogP contribution is 2.25. The van der Waals surface area contributed by atoms with Gasteiger partial charge in [0, 0.05) is 18.2 Å². The number of hydrogen-bond acceptors (Lipinski definition) is 4. The third-order valence-corrected chi connectivity index (χ3v) is 2.33. The topological polar surface area (TPSA) is 84.6 Å². The number of benzene rings is 1. The average molecular weight is 238 g/mol. The lowest BCUT2D eigenvalue weighted by Crippen LogP contribution is -2.28. The highest BCUT2D eigenvalue weighted by molar-refractivity contribution is 5.94. The minimum atomic E-state index is -0.233. The molecule has 94 valence electrons. The quantitative estimate of drug-likeness (QED) is 0.710. The number of nitrogens with one attached hydrogen (secondary N) is 1. The molecule has 5 heteroatoms. The van der Waals surface area contributed by atoms with E-state index in [0.717, 1.165) is 0 Å². The van der Waals surface area contributed by atoms with Gasteiger partial charge in [-0.2, -0.15) is 0 Å². The Labute approximate surface area is 101 Å². The summed E-state index contributed by atoms with van der Waals surface area (Å²) >= 11 is 0. The lowest BCUT2D eigenvalue weighted by atomic mass is 10.2. The van der Waals surface area contributed by atoms with Crippen molar-refractivity contribution in [3.63, 3.8) is 0 Å². The maximum Gasteiger partial charge on any atom is 0.251 e. The van der Waals surface area contributed by atoms with Crippen LogP contribution in [0.15, 0.2) is 18.2 Å². The molecule has 0 saturated heterocycles. The number of phenols is 1. The van der Waals surface area contributed by atoms with Crippen molar-refractivity contribution in [1.82, 2.24) is 5.32 Å². The zero-order chi connectivity index (χ0) is 12.8. The molecule has 0 radical (unpaired) electrons. The van der Waals surface area contributed by atoms with Crippen LogP contribution in [0.2, 0.25) is 0 Å². The molecule has 1 atom stereocenters. The molecule has 0 aromatic heterocycles. The number of aromatic hydroxyl groups is 1. The van der Waals surface area contributed by atoms with Crippen molar-refractivity contribution in [1.29, 1.82) is 0 Å². The van der Waals surface area contributed by atoms with E-state index < -0.39 is 0 Å². The van der Waals surface area contributed by atoms with Crippen LogP contribution in [-0.2, 0) is 0 Å². The van der Waals surface area contributed by atoms with E-state index >= 15 is 0 Å². The first-order chi connectivity index (χ1) is 8.04. The molecule has 1 rings (SSSR count). The van der Waals surface area contributed by atoms with Crippen LogP contribution in [0.1, 0.15) is 23.7 Å². The third kappa shape index (κ3) is 3.96. The Balaban J connectivity index is 2.60. The number of carbonyl (C=O) groups is 1. The van der Waals surface area contributed by atoms with Crippen molar-refractivity contribution in [2.24, 2.45) is 5.73 Å². The van der Waals surface area contributed by atoms with Gasteiger partial charge in [-0.25, -0.2) is 0 Å². The van der Waals surface area contributed by atoms with E-state index in [1.807, 2.05) is 6.92 Å². The molecule has 1 unspecified atom stereocenters. The predicted octanol–water partition coefficient (Wildman–Crippen LogP) is 0.868. The molecule has 5 nitrogen and oxygen atoms in total. The predicted molar refractivity (Wildman–Crippen MR) is 65.3 cm³/mol. The Hall–Kier alpha value is -1.75. The average Bonchev–Trinajstić information content (AvgIpc) is 2.28. The molecule has 4 N–H and O–H groups in total. The summed E-state index contributed by atoms with van der Waals surface area (Å²) in [6.45, 7) is 2.40. The molecule has 1 aromatic carbocycles. The van der Waals surface area contributed by atoms with Crippen molar-refractivity contribution >= 4 is 5.91 Å². The maximum absolute atomic E-state index is 11.7. The number of methoxy groups -OCH3 is 1. The van der Waals surface area contributed by atoms with Gasteiger partial charge < -0.3 is 20.9 Å². The van der Waals surface area contributed by atoms with Gasteiger partial charge in [0.1, 0.15) is 0 Å². The minimum Gasteiger partial charge on any atom is -0.504 e. The Morgan fingerprint density at radius 2 is 2.29 bits per heavy atom. The smallest absolute Gasteiger partial charge is 0.251 e. The van der Waals surface area contributed by atoms with Crippen molar-refractivity contribution in [3.8, 4) is 11.5 Å². The molecular formula is C12H18N2O3. The number of carbonyl (C=O) groups excluding carboxylic acids is 1. The standard InChI is InChI=1S/C12H18N2O3/c1-8(13)5-6-14-12(16)9-3-4-11(17-2)10(15)7-9/h3-4,7-8,15H,5-6,13H2,1-2H3,(H,14,16). The van der Waals surface area contributed by atoms with Crippen LogP contribution < -0.4 is 15.8 Å². The van der Waals surface area contributed by atoms with Crippen LogP contribution >= 0.6 is 0 Å². The molecule has 17 heavy (non-hydrogen) atoms. The molecule has 1 amide bonds. The van der Waals surface area contributed by atoms with Gasteiger partial charge in [0.05, 0.1) is 7.11 Å². The summed E-state index contributed by atoms with van der Waals surface area (Å²) < 4.78 is 4.89. The molecule has 0 saturated carbocycles. The summed E-state index contributed by atoms with van der Waals surface area (Å²) in [5.41, 5.74) is 5.97. The molecule has 0 spiro atoms. The first-order valence-electron chi connectivity index (χ1n) is 5.45. The number of amides is 1. The Bertz CT molecular complexity index is 391. The highest BCUT2D eigenvalue weighted by Gasteiger charge is 2.09. The normalized spacial score (nSPS) is 11.9. The van der Waals surface area contributed by atoms with Gasteiger partial charge in [-0.1, -0.05) is 0 Å². The number of ether oxygens (including phenoxy) is 1. The van der Waals surface area contributed by atoms with Crippen LogP contribution in [-0.4, -0.2) is 30.7 Å². The second-order valence-corrected chi connectivity index (χ2v) is 3.91. The number of nitrogens with two attached hydrogens (primary N) is 1. The van der Waals surface area contributed by atoms with Crippen molar-refractivity contribution in [3.05, 3.63) is 23.8 Å². The summed E-state index contributed by atoms with van der Waals surface area (Å²) in [6.07, 6.45) is 0.716. The van der Waals surface area contributed by atoms with Gasteiger partial charge in [-0.3, -0.25) is 4.79 Å². The molecule has 1 aromatic rings. The van der Waals surface area contributed by atoms with E-state index in [1.54, 1.807) is 12.1 Å². The Morgan fingerprint density at radius 1 is 1.59 bits per heavy atom. The van der Waals surface area contributed by atoms with Gasteiger partial charge in [0.2, 0.25) is 0 Å². The highest BCUT2D eigenvalue weighted by atomic mass is 16.5. The van der Waals surface area contributed by atoms with E-state index in [0.29, 0.717) is 24.3 Å². The summed E-state index contributed by atoms with van der Waals surface area (Å²) in [6, 6.07) is 4.58. The summed E-state index contributed by atoms with van der Waals surface area (Å²) in [5.74, 6) is 0.0630. The molecule has 0 aliphatic heterocycles. The second-order valence-electron chi connectivity index (χ2n) is 3.91. The summed E-state index contributed by atoms with van der Waals surface area (Å²) in [4.78, 5) is 11.7. The van der Waals surface area contributed by atoms with E-state index in [9.17, 15) is 9.90 Å². The van der Waals surface area contributed by atoms with Crippen LogP contribution in [0.5, 0.6) is 11.5 Å². The zero-order valence-electron chi connectivity index (χ0n) is 10.1. The van der Waals surface area contributed by atoms with Gasteiger partial charge in [-0.05, 0) is 31.5 Å². The minimum absolute atomic E-state index is 0.0488. The lowest BCUT2D eigenvalue weighted by molar-refractivity contribution is 0.0952. The summed E-state index contributed by atoms with van der Waals surface area (Å²) in [7, 11) is 1.46. The fourth-order valence-electron chi connectivity index (χ4n) is 1.35. The number of phenolic OH excluding ortho intramolecular Hbond substituents is 1. The number of hydrogen-bond donors (Lipinski definition) is 3. The SMILES string of the molecule is COc1ccc(C(=O)NCCC(C)N)cc1O. The van der Waals surface area contributed by atoms with Gasteiger partial charge >= 0.3 is 0 Å². The van der Waals surface area contributed by atoms with Crippen LogP contribution in [0.3, 0.4) is 0 Å². The van der Waals surface area contributed by atoms with Crippen molar-refractivity contribution in [2.75, 3.05) is 13.7 Å². The fraction of sp³-hybridized carbons (Fsp3) is 0.417. The largest absolute Gasteiger partial charge is 0.504 e. The van der Waals surface area contributed by atoms with E-state index in [4.69, 9.17) is 10.5 Å². The first-order valence-corrected chi connectivity index (χ1v) is 5.45. The molecule has 0 heterocycles. The van der Waals surface area contributed by atoms with Gasteiger partial charge in [-0.15, -0.1) is 0 Å². The fourth-order valence-corrected chi connectivity index (χ4v) is 1.35. The van der Waals surface area contributed by atoms with Crippen molar-refractivity contribution < 1.29 is 14.6 Å². The third-order valence-electron chi connectivity index (χ3n) is 2.33. The molecule has 0 bridgehead atoms. The van der Waals surface area contributed by atoms with Crippen LogP contribution in [0.25, 0.3) is 0 Å². The zero-order valence-corrected chi connectivity index (χ0v) is 10.1. The monoisotopic (exact) mass is 238 g/mol. The Kier molecular flexibility index (Phi) is 4.78. The van der Waals surface area contributed by atoms with Gasteiger partial charge in [0.25, 0.3) is 5.91 Å². The lowest BCUT2D eigenvalue weighted by Gasteiger charge is -2.08. The number of rotatable bonds is 5. The van der Waals surface area contributed by atoms with E-state index in [1.165, 1.54) is 13.2 Å². The van der Waals surface area contributed by atoms with Crippen LogP contribution in [0.4, 0.5) is 0 Å². The van der Waals surface area contributed by atoms with Crippen molar-refractivity contribution in [2.45, 2.75) is 19.4 Å². The Morgan fingerprint density at radius 3 is 2.82 bits per heavy atom. The summed E-state index contributed by atoms with van der Waals surface area (Å²) in [5, 5.41) is 12.3.